The van der Waals surface area contributed by atoms with Gasteiger partial charge in [0, 0.05) is 24.7 Å². The van der Waals surface area contributed by atoms with Crippen molar-refractivity contribution in [1.29, 1.82) is 0 Å². The van der Waals surface area contributed by atoms with Gasteiger partial charge in [-0.05, 0) is 18.6 Å². The third-order valence-electron chi connectivity index (χ3n) is 3.12. The van der Waals surface area contributed by atoms with E-state index < -0.39 is 9.84 Å². The number of amides is 2. The van der Waals surface area contributed by atoms with Crippen molar-refractivity contribution in [3.8, 4) is 5.75 Å². The zero-order valence-electron chi connectivity index (χ0n) is 12.2. The number of carbonyl (C=O) groups excluding carboxylic acids is 2. The number of anilines is 1. The van der Waals surface area contributed by atoms with E-state index in [0.29, 0.717) is 17.9 Å². The Bertz CT molecular complexity index is 672. The van der Waals surface area contributed by atoms with Gasteiger partial charge in [-0.1, -0.05) is 6.07 Å². The summed E-state index contributed by atoms with van der Waals surface area (Å²) in [6.45, 7) is 1.19. The monoisotopic (exact) mass is 326 g/mol. The molecule has 1 heterocycles. The lowest BCUT2D eigenvalue weighted by Gasteiger charge is -2.12. The third-order valence-corrected chi connectivity index (χ3v) is 4.89. The number of sulfone groups is 1. The van der Waals surface area contributed by atoms with Crippen molar-refractivity contribution >= 4 is 27.3 Å². The van der Waals surface area contributed by atoms with E-state index in [9.17, 15) is 18.0 Å². The molecule has 1 aromatic carbocycles. The summed E-state index contributed by atoms with van der Waals surface area (Å²) < 4.78 is 28.0. The Morgan fingerprint density at radius 2 is 2.14 bits per heavy atom. The highest BCUT2D eigenvalue weighted by Crippen LogP contribution is 2.17. The summed E-state index contributed by atoms with van der Waals surface area (Å²) in [6.07, 6.45) is 0.437. The van der Waals surface area contributed by atoms with Crippen LogP contribution in [0.2, 0.25) is 0 Å². The summed E-state index contributed by atoms with van der Waals surface area (Å²) in [5.74, 6) is -0.0290. The molecule has 2 amide bonds. The Morgan fingerprint density at radius 1 is 1.36 bits per heavy atom. The van der Waals surface area contributed by atoms with Crippen LogP contribution < -0.4 is 15.4 Å². The van der Waals surface area contributed by atoms with Crippen LogP contribution >= 0.6 is 0 Å². The van der Waals surface area contributed by atoms with Gasteiger partial charge in [-0.15, -0.1) is 0 Å². The van der Waals surface area contributed by atoms with Crippen molar-refractivity contribution in [2.24, 2.45) is 0 Å². The molecular formula is C14H18N2O5S. The van der Waals surface area contributed by atoms with Gasteiger partial charge in [-0.25, -0.2) is 8.42 Å². The van der Waals surface area contributed by atoms with Crippen LogP contribution in [0.4, 0.5) is 5.69 Å². The number of rotatable bonds is 5. The molecule has 8 heteroatoms. The summed E-state index contributed by atoms with van der Waals surface area (Å²) >= 11 is 0. The molecule has 1 saturated heterocycles. The maximum atomic E-state index is 11.7. The first kappa shape index (κ1) is 16.3. The fraction of sp³-hybridized carbons (Fsp3) is 0.429. The molecule has 7 nitrogen and oxygen atoms in total. The molecule has 1 atom stereocenters. The van der Waals surface area contributed by atoms with E-state index in [-0.39, 0.29) is 36.0 Å². The predicted molar refractivity (Wildman–Crippen MR) is 81.4 cm³/mol. The number of ether oxygens (including phenoxy) is 1. The molecular weight excluding hydrogens is 308 g/mol. The van der Waals surface area contributed by atoms with Crippen LogP contribution in [-0.4, -0.2) is 44.4 Å². The largest absolute Gasteiger partial charge is 0.484 e. The zero-order chi connectivity index (χ0) is 16.2. The van der Waals surface area contributed by atoms with Gasteiger partial charge in [-0.3, -0.25) is 9.59 Å². The fourth-order valence-electron chi connectivity index (χ4n) is 2.19. The topological polar surface area (TPSA) is 102 Å². The van der Waals surface area contributed by atoms with Gasteiger partial charge in [0.05, 0.1) is 11.5 Å². The van der Waals surface area contributed by atoms with Crippen LogP contribution in [0.25, 0.3) is 0 Å². The minimum Gasteiger partial charge on any atom is -0.484 e. The highest BCUT2D eigenvalue weighted by atomic mass is 32.2. The van der Waals surface area contributed by atoms with Crippen LogP contribution in [0.3, 0.4) is 0 Å². The molecule has 1 fully saturated rings. The van der Waals surface area contributed by atoms with E-state index in [0.717, 1.165) is 0 Å². The van der Waals surface area contributed by atoms with Gasteiger partial charge in [0.15, 0.2) is 16.4 Å². The molecule has 22 heavy (non-hydrogen) atoms. The van der Waals surface area contributed by atoms with Gasteiger partial charge in [0.25, 0.3) is 5.91 Å². The molecule has 1 aliphatic rings. The Kier molecular flexibility index (Phi) is 5.02. The second-order valence-electron chi connectivity index (χ2n) is 5.17. The third kappa shape index (κ3) is 5.03. The van der Waals surface area contributed by atoms with Crippen molar-refractivity contribution in [3.05, 3.63) is 24.3 Å². The molecule has 0 aromatic heterocycles. The van der Waals surface area contributed by atoms with Crippen LogP contribution in [0.1, 0.15) is 13.3 Å². The number of hydrogen-bond acceptors (Lipinski definition) is 5. The first-order chi connectivity index (χ1) is 10.3. The highest BCUT2D eigenvalue weighted by Gasteiger charge is 2.28. The standard InChI is InChI=1S/C14H18N2O5S/c1-10(17)15-11-3-2-4-13(7-11)21-8-14(18)16-12-5-6-22(19,20)9-12/h2-4,7,12H,5-6,8-9H2,1H3,(H,15,17)(H,16,18)/t12-/m0/s1. The van der Waals surface area contributed by atoms with E-state index >= 15 is 0 Å². The number of benzene rings is 1. The normalized spacial score (nSPS) is 19.4. The van der Waals surface area contributed by atoms with Gasteiger partial charge in [-0.2, -0.15) is 0 Å². The number of carbonyl (C=O) groups is 2. The Morgan fingerprint density at radius 3 is 2.77 bits per heavy atom. The van der Waals surface area contributed by atoms with E-state index in [4.69, 9.17) is 4.74 Å². The lowest BCUT2D eigenvalue weighted by atomic mass is 10.2. The molecule has 0 saturated carbocycles. The molecule has 0 unspecified atom stereocenters. The highest BCUT2D eigenvalue weighted by molar-refractivity contribution is 7.91. The minimum absolute atomic E-state index is 0.0171. The predicted octanol–water partition coefficient (Wildman–Crippen LogP) is 0.327. The summed E-state index contributed by atoms with van der Waals surface area (Å²) in [4.78, 5) is 22.7. The average molecular weight is 326 g/mol. The van der Waals surface area contributed by atoms with E-state index in [1.807, 2.05) is 0 Å². The molecule has 1 aromatic rings. The van der Waals surface area contributed by atoms with Crippen LogP contribution in [0.15, 0.2) is 24.3 Å². The van der Waals surface area contributed by atoms with E-state index in [2.05, 4.69) is 10.6 Å². The maximum Gasteiger partial charge on any atom is 0.258 e. The smallest absolute Gasteiger partial charge is 0.258 e. The number of nitrogens with one attached hydrogen (secondary N) is 2. The summed E-state index contributed by atoms with van der Waals surface area (Å²) in [5, 5.41) is 5.25. The van der Waals surface area contributed by atoms with Crippen LogP contribution in [0.5, 0.6) is 5.75 Å². The Hall–Kier alpha value is -2.09. The van der Waals surface area contributed by atoms with Crippen molar-refractivity contribution < 1.29 is 22.7 Å². The zero-order valence-corrected chi connectivity index (χ0v) is 13.0. The van der Waals surface area contributed by atoms with Crippen molar-refractivity contribution in [2.45, 2.75) is 19.4 Å². The second-order valence-corrected chi connectivity index (χ2v) is 7.39. The average Bonchev–Trinajstić information content (AvgIpc) is 2.75. The van der Waals surface area contributed by atoms with E-state index in [1.54, 1.807) is 24.3 Å². The maximum absolute atomic E-state index is 11.7. The quantitative estimate of drug-likeness (QED) is 0.812. The first-order valence-electron chi connectivity index (χ1n) is 6.84. The lowest BCUT2D eigenvalue weighted by molar-refractivity contribution is -0.123. The van der Waals surface area contributed by atoms with Crippen LogP contribution in [-0.2, 0) is 19.4 Å². The molecule has 0 bridgehead atoms. The lowest BCUT2D eigenvalue weighted by Crippen LogP contribution is -2.38. The summed E-state index contributed by atoms with van der Waals surface area (Å²) in [7, 11) is -3.02. The molecule has 0 spiro atoms. The Labute approximate surface area is 129 Å². The first-order valence-corrected chi connectivity index (χ1v) is 8.66. The fourth-order valence-corrected chi connectivity index (χ4v) is 3.87. The molecule has 0 radical (unpaired) electrons. The van der Waals surface area contributed by atoms with Gasteiger partial charge in [0.2, 0.25) is 5.91 Å². The molecule has 120 valence electrons. The molecule has 1 aliphatic heterocycles. The van der Waals surface area contributed by atoms with Crippen molar-refractivity contribution in [2.75, 3.05) is 23.4 Å². The van der Waals surface area contributed by atoms with Crippen molar-refractivity contribution in [3.63, 3.8) is 0 Å². The Balaban J connectivity index is 1.82. The van der Waals surface area contributed by atoms with E-state index in [1.165, 1.54) is 6.92 Å². The van der Waals surface area contributed by atoms with Gasteiger partial charge >= 0.3 is 0 Å². The van der Waals surface area contributed by atoms with Gasteiger partial charge < -0.3 is 15.4 Å². The summed E-state index contributed by atoms with van der Waals surface area (Å²) in [6, 6.07) is 6.33. The van der Waals surface area contributed by atoms with Crippen molar-refractivity contribution in [1.82, 2.24) is 5.32 Å². The molecule has 2 N–H and O–H groups in total. The van der Waals surface area contributed by atoms with Crippen LogP contribution in [0, 0.1) is 0 Å². The summed E-state index contributed by atoms with van der Waals surface area (Å²) in [5.41, 5.74) is 0.576. The molecule has 0 aliphatic carbocycles. The molecule has 2 rings (SSSR count). The number of hydrogen-bond donors (Lipinski definition) is 2. The minimum atomic E-state index is -3.02. The SMILES string of the molecule is CC(=O)Nc1cccc(OCC(=O)N[C@H]2CCS(=O)(=O)C2)c1. The second kappa shape index (κ2) is 6.78. The van der Waals surface area contributed by atoms with Gasteiger partial charge in [0.1, 0.15) is 5.75 Å².